The van der Waals surface area contributed by atoms with Gasteiger partial charge in [0, 0.05) is 43.6 Å². The molecule has 1 aromatic carbocycles. The van der Waals surface area contributed by atoms with Gasteiger partial charge in [-0.05, 0) is 32.0 Å². The normalized spacial score (nSPS) is 16.0. The molecule has 1 saturated heterocycles. The summed E-state index contributed by atoms with van der Waals surface area (Å²) < 4.78 is 8.83. The molecule has 214 valence electrons. The third-order valence-electron chi connectivity index (χ3n) is 7.60. The molecule has 1 aliphatic heterocycles. The zero-order chi connectivity index (χ0) is 29.4. The van der Waals surface area contributed by atoms with Gasteiger partial charge in [0.25, 0.3) is 17.6 Å². The highest BCUT2D eigenvalue weighted by molar-refractivity contribution is 6.45. The molecule has 6 rings (SSSR count). The molecular formula is C29H29N9O4. The summed E-state index contributed by atoms with van der Waals surface area (Å²) in [6.07, 6.45) is 7.85. The maximum absolute atomic E-state index is 13.6. The van der Waals surface area contributed by atoms with Gasteiger partial charge in [-0.25, -0.2) is 19.3 Å². The first-order valence-electron chi connectivity index (χ1n) is 13.5. The molecule has 13 heteroatoms. The molecule has 13 nitrogen and oxygen atoms in total. The summed E-state index contributed by atoms with van der Waals surface area (Å²) in [4.78, 5) is 54.9. The molecule has 2 atom stereocenters. The van der Waals surface area contributed by atoms with E-state index in [0.717, 1.165) is 5.69 Å². The van der Waals surface area contributed by atoms with E-state index in [1.807, 2.05) is 38.1 Å². The third kappa shape index (κ3) is 4.68. The number of aromatic amines is 1. The van der Waals surface area contributed by atoms with Gasteiger partial charge in [-0.2, -0.15) is 10.2 Å². The highest BCUT2D eigenvalue weighted by Crippen LogP contribution is 2.32. The highest BCUT2D eigenvalue weighted by atomic mass is 16.5. The van der Waals surface area contributed by atoms with Crippen LogP contribution in [-0.4, -0.2) is 94.7 Å². The first kappa shape index (κ1) is 26.9. The summed E-state index contributed by atoms with van der Waals surface area (Å²) >= 11 is 0. The van der Waals surface area contributed by atoms with Crippen molar-refractivity contribution in [2.24, 2.45) is 0 Å². The van der Waals surface area contributed by atoms with Crippen molar-refractivity contribution in [2.45, 2.75) is 25.9 Å². The van der Waals surface area contributed by atoms with Gasteiger partial charge in [0.15, 0.2) is 5.82 Å². The van der Waals surface area contributed by atoms with Crippen molar-refractivity contribution in [3.63, 3.8) is 0 Å². The molecule has 5 heterocycles. The number of nitrogens with zero attached hydrogens (tertiary/aromatic N) is 8. The lowest BCUT2D eigenvalue weighted by molar-refractivity contribution is -0.128. The Morgan fingerprint density at radius 1 is 1.12 bits per heavy atom. The minimum absolute atomic E-state index is 0.0969. The number of piperazine rings is 1. The number of ether oxygens (including phenoxy) is 1. The average Bonchev–Trinajstić information content (AvgIpc) is 3.81. The largest absolute Gasteiger partial charge is 0.494 e. The molecule has 0 spiro atoms. The highest BCUT2D eigenvalue weighted by Gasteiger charge is 2.34. The van der Waals surface area contributed by atoms with E-state index in [1.165, 1.54) is 30.7 Å². The van der Waals surface area contributed by atoms with Gasteiger partial charge >= 0.3 is 0 Å². The van der Waals surface area contributed by atoms with E-state index in [4.69, 9.17) is 4.74 Å². The predicted molar refractivity (Wildman–Crippen MR) is 151 cm³/mol. The molecule has 0 saturated carbocycles. The Labute approximate surface area is 240 Å². The van der Waals surface area contributed by atoms with Gasteiger partial charge in [-0.15, -0.1) is 0 Å². The fourth-order valence-electron chi connectivity index (χ4n) is 5.29. The van der Waals surface area contributed by atoms with Gasteiger partial charge in [0.2, 0.25) is 0 Å². The summed E-state index contributed by atoms with van der Waals surface area (Å²) in [6, 6.07) is 10.5. The fourth-order valence-corrected chi connectivity index (χ4v) is 5.29. The Morgan fingerprint density at radius 3 is 2.64 bits per heavy atom. The van der Waals surface area contributed by atoms with Crippen molar-refractivity contribution in [2.75, 3.05) is 26.7 Å². The standard InChI is InChI=1S/C29H29N9O4/c1-18-15-35(11-12-36(18)28(40)20-7-5-4-6-8-20)29(41)26(39)21-13-31-25-24(21)23(42-3)14-32-27(25)37-10-9-22(34-37)19(2)38-17-30-16-33-38/h4-10,13-14,16-19,31H,11-12,15H2,1-3H3/t18-,19?/m1/s1. The van der Waals surface area contributed by atoms with Crippen LogP contribution in [0.1, 0.15) is 46.3 Å². The second-order valence-electron chi connectivity index (χ2n) is 10.1. The SMILES string of the molecule is COc1cnc(-n2ccc(C(C)n3cncn3)n2)c2[nH]cc(C(=O)C(=O)N3CCN(C(=O)c4ccccc4)[C@H](C)C3)c12. The van der Waals surface area contributed by atoms with Gasteiger partial charge < -0.3 is 19.5 Å². The summed E-state index contributed by atoms with van der Waals surface area (Å²) in [5.41, 5.74) is 2.01. The number of carbonyl (C=O) groups excluding carboxylic acids is 3. The Bertz CT molecular complexity index is 1760. The fraction of sp³-hybridized carbons (Fsp3) is 0.276. The topological polar surface area (TPSA) is 144 Å². The van der Waals surface area contributed by atoms with Crippen molar-refractivity contribution in [1.82, 2.24) is 44.3 Å². The van der Waals surface area contributed by atoms with Crippen molar-refractivity contribution >= 4 is 28.5 Å². The zero-order valence-corrected chi connectivity index (χ0v) is 23.3. The van der Waals surface area contributed by atoms with Crippen molar-refractivity contribution in [3.05, 3.63) is 84.5 Å². The zero-order valence-electron chi connectivity index (χ0n) is 23.3. The second kappa shape index (κ2) is 10.9. The van der Waals surface area contributed by atoms with Crippen LogP contribution in [0.3, 0.4) is 0 Å². The number of amides is 2. The number of carbonyl (C=O) groups is 3. The van der Waals surface area contributed by atoms with E-state index in [2.05, 4.69) is 25.1 Å². The lowest BCUT2D eigenvalue weighted by atomic mass is 10.1. The number of hydrogen-bond donors (Lipinski definition) is 1. The van der Waals surface area contributed by atoms with E-state index in [9.17, 15) is 14.4 Å². The number of Topliss-reactive ketones (excluding diaryl/α,β-unsaturated/α-hetero) is 1. The smallest absolute Gasteiger partial charge is 0.295 e. The number of rotatable bonds is 7. The second-order valence-corrected chi connectivity index (χ2v) is 10.1. The number of methoxy groups -OCH3 is 1. The predicted octanol–water partition coefficient (Wildman–Crippen LogP) is 2.51. The number of H-pyrrole nitrogens is 1. The molecule has 0 radical (unpaired) electrons. The molecule has 2 amide bonds. The Balaban J connectivity index is 1.25. The van der Waals surface area contributed by atoms with Crippen molar-refractivity contribution in [1.29, 1.82) is 0 Å². The Hall–Kier alpha value is -5.33. The van der Waals surface area contributed by atoms with Gasteiger partial charge in [0.1, 0.15) is 18.4 Å². The van der Waals surface area contributed by atoms with Crippen LogP contribution in [0.25, 0.3) is 16.7 Å². The molecular weight excluding hydrogens is 538 g/mol. The number of aromatic nitrogens is 7. The number of fused-ring (bicyclic) bond motifs is 1. The molecule has 42 heavy (non-hydrogen) atoms. The van der Waals surface area contributed by atoms with Crippen LogP contribution in [-0.2, 0) is 4.79 Å². The van der Waals surface area contributed by atoms with Gasteiger partial charge in [0.05, 0.1) is 41.5 Å². The van der Waals surface area contributed by atoms with Crippen molar-refractivity contribution in [3.8, 4) is 11.6 Å². The van der Waals surface area contributed by atoms with Gasteiger partial charge in [-0.3, -0.25) is 14.4 Å². The van der Waals surface area contributed by atoms with E-state index in [0.29, 0.717) is 34.6 Å². The van der Waals surface area contributed by atoms with Crippen LogP contribution in [0, 0.1) is 0 Å². The maximum atomic E-state index is 13.6. The number of nitrogens with one attached hydrogen (secondary N) is 1. The molecule has 1 unspecified atom stereocenters. The monoisotopic (exact) mass is 567 g/mol. The molecule has 5 aromatic rings. The van der Waals surface area contributed by atoms with Gasteiger partial charge in [-0.1, -0.05) is 18.2 Å². The van der Waals surface area contributed by atoms with E-state index >= 15 is 0 Å². The number of benzene rings is 1. The Kier molecular flexibility index (Phi) is 6.98. The van der Waals surface area contributed by atoms with Crippen LogP contribution >= 0.6 is 0 Å². The summed E-state index contributed by atoms with van der Waals surface area (Å²) in [6.45, 7) is 4.65. The Morgan fingerprint density at radius 2 is 1.93 bits per heavy atom. The molecule has 4 aromatic heterocycles. The van der Waals surface area contributed by atoms with Crippen LogP contribution in [0.2, 0.25) is 0 Å². The van der Waals surface area contributed by atoms with E-state index < -0.39 is 11.7 Å². The number of pyridine rings is 1. The van der Waals surface area contributed by atoms with E-state index in [-0.39, 0.29) is 36.6 Å². The molecule has 1 fully saturated rings. The minimum atomic E-state index is -0.673. The van der Waals surface area contributed by atoms with Crippen LogP contribution < -0.4 is 4.74 Å². The first-order chi connectivity index (χ1) is 20.4. The summed E-state index contributed by atoms with van der Waals surface area (Å²) in [5, 5.41) is 9.29. The van der Waals surface area contributed by atoms with Crippen molar-refractivity contribution < 1.29 is 19.1 Å². The van der Waals surface area contributed by atoms with Crippen LogP contribution in [0.4, 0.5) is 0 Å². The van der Waals surface area contributed by atoms with E-state index in [1.54, 1.807) is 38.9 Å². The maximum Gasteiger partial charge on any atom is 0.295 e. The first-order valence-corrected chi connectivity index (χ1v) is 13.5. The molecule has 1 aliphatic rings. The molecule has 1 N–H and O–H groups in total. The molecule has 0 aliphatic carbocycles. The average molecular weight is 568 g/mol. The number of hydrogen-bond acceptors (Lipinski definition) is 8. The van der Waals surface area contributed by atoms with Crippen LogP contribution in [0.15, 0.2) is 67.6 Å². The minimum Gasteiger partial charge on any atom is -0.494 e. The number of ketones is 1. The lowest BCUT2D eigenvalue weighted by Crippen LogP contribution is -2.56. The quantitative estimate of drug-likeness (QED) is 0.233. The van der Waals surface area contributed by atoms with Crippen LogP contribution in [0.5, 0.6) is 5.75 Å². The molecule has 0 bridgehead atoms. The third-order valence-corrected chi connectivity index (χ3v) is 7.60. The lowest BCUT2D eigenvalue weighted by Gasteiger charge is -2.39. The summed E-state index contributed by atoms with van der Waals surface area (Å²) in [7, 11) is 1.48. The summed E-state index contributed by atoms with van der Waals surface area (Å²) in [5.74, 6) is -0.622.